The van der Waals surface area contributed by atoms with E-state index >= 15 is 0 Å². The monoisotopic (exact) mass is 504 g/mol. The SMILES string of the molecule is COc1ccc(C(C)(C)C)cc1-c1cnc2c(ccc3ccc(-c4cc(C(C)(C)C)ccc4OC)nc32)c1. The van der Waals surface area contributed by atoms with E-state index < -0.39 is 0 Å². The zero-order valence-corrected chi connectivity index (χ0v) is 23.6. The lowest BCUT2D eigenvalue weighted by molar-refractivity contribution is 0.415. The van der Waals surface area contributed by atoms with Gasteiger partial charge in [-0.05, 0) is 58.4 Å². The number of nitrogens with zero attached hydrogens (tertiary/aromatic N) is 2. The molecule has 0 aliphatic rings. The Balaban J connectivity index is 1.67. The van der Waals surface area contributed by atoms with Crippen LogP contribution in [0.15, 0.2) is 72.9 Å². The van der Waals surface area contributed by atoms with Crippen molar-refractivity contribution in [3.63, 3.8) is 0 Å². The molecule has 4 heteroatoms. The molecule has 0 saturated heterocycles. The van der Waals surface area contributed by atoms with Gasteiger partial charge in [-0.2, -0.15) is 0 Å². The minimum absolute atomic E-state index is 0.0217. The van der Waals surface area contributed by atoms with Crippen molar-refractivity contribution in [2.75, 3.05) is 14.2 Å². The van der Waals surface area contributed by atoms with E-state index in [1.54, 1.807) is 14.2 Å². The number of hydrogen-bond acceptors (Lipinski definition) is 4. The maximum Gasteiger partial charge on any atom is 0.128 e. The molecule has 0 unspecified atom stereocenters. The molecule has 2 aromatic heterocycles. The average Bonchev–Trinajstić information content (AvgIpc) is 2.90. The van der Waals surface area contributed by atoms with Crippen molar-refractivity contribution < 1.29 is 9.47 Å². The van der Waals surface area contributed by atoms with Crippen LogP contribution in [0.3, 0.4) is 0 Å². The number of ether oxygens (including phenoxy) is 2. The molecule has 194 valence electrons. The number of pyridine rings is 2. The lowest BCUT2D eigenvalue weighted by Crippen LogP contribution is -2.11. The highest BCUT2D eigenvalue weighted by Crippen LogP contribution is 2.38. The van der Waals surface area contributed by atoms with Gasteiger partial charge in [0, 0.05) is 33.7 Å². The highest BCUT2D eigenvalue weighted by molar-refractivity contribution is 6.04. The first-order chi connectivity index (χ1) is 18.0. The Bertz CT molecular complexity index is 1660. The standard InChI is InChI=1S/C34H36N2O2/c1-33(2,3)24-12-15-29(37-7)26(18-24)23-17-22-10-9-21-11-14-28(36-32(21)31(22)35-20-23)27-19-25(34(4,5)6)13-16-30(27)38-8/h9-20H,1-8H3. The average molecular weight is 505 g/mol. The van der Waals surface area contributed by atoms with Gasteiger partial charge in [0.25, 0.3) is 0 Å². The van der Waals surface area contributed by atoms with Gasteiger partial charge in [0.1, 0.15) is 11.5 Å². The summed E-state index contributed by atoms with van der Waals surface area (Å²) in [6, 6.07) is 23.4. The van der Waals surface area contributed by atoms with E-state index in [2.05, 4.69) is 96.1 Å². The maximum absolute atomic E-state index is 5.72. The summed E-state index contributed by atoms with van der Waals surface area (Å²) in [6.45, 7) is 13.3. The van der Waals surface area contributed by atoms with E-state index in [1.165, 1.54) is 11.1 Å². The van der Waals surface area contributed by atoms with Crippen LogP contribution in [0.4, 0.5) is 0 Å². The Morgan fingerprint density at radius 3 is 1.74 bits per heavy atom. The van der Waals surface area contributed by atoms with Gasteiger partial charge in [-0.15, -0.1) is 0 Å². The first kappa shape index (κ1) is 25.7. The minimum atomic E-state index is 0.0217. The second-order valence-electron chi connectivity index (χ2n) is 12.0. The van der Waals surface area contributed by atoms with Crippen LogP contribution in [0.1, 0.15) is 52.7 Å². The summed E-state index contributed by atoms with van der Waals surface area (Å²) in [6.07, 6.45) is 1.93. The molecule has 0 atom stereocenters. The second kappa shape index (κ2) is 9.43. The van der Waals surface area contributed by atoms with Crippen LogP contribution in [0.2, 0.25) is 0 Å². The Labute approximate surface area is 225 Å². The Hall–Kier alpha value is -3.92. The second-order valence-corrected chi connectivity index (χ2v) is 12.0. The van der Waals surface area contributed by atoms with Gasteiger partial charge in [0.2, 0.25) is 0 Å². The molecule has 4 nitrogen and oxygen atoms in total. The number of hydrogen-bond donors (Lipinski definition) is 0. The van der Waals surface area contributed by atoms with Gasteiger partial charge in [-0.25, -0.2) is 4.98 Å². The topological polar surface area (TPSA) is 44.2 Å². The van der Waals surface area contributed by atoms with Crippen molar-refractivity contribution in [1.29, 1.82) is 0 Å². The third kappa shape index (κ3) is 4.71. The number of fused-ring (bicyclic) bond motifs is 3. The van der Waals surface area contributed by atoms with Crippen LogP contribution >= 0.6 is 0 Å². The van der Waals surface area contributed by atoms with Gasteiger partial charge >= 0.3 is 0 Å². The molecule has 5 rings (SSSR count). The van der Waals surface area contributed by atoms with E-state index in [0.717, 1.165) is 55.7 Å². The molecule has 0 aliphatic carbocycles. The van der Waals surface area contributed by atoms with Crippen LogP contribution in [0.25, 0.3) is 44.2 Å². The zero-order valence-electron chi connectivity index (χ0n) is 23.6. The lowest BCUT2D eigenvalue weighted by atomic mass is 9.85. The summed E-state index contributed by atoms with van der Waals surface area (Å²) in [5.41, 5.74) is 8.23. The highest BCUT2D eigenvalue weighted by Gasteiger charge is 2.19. The third-order valence-electron chi connectivity index (χ3n) is 7.23. The third-order valence-corrected chi connectivity index (χ3v) is 7.23. The fourth-order valence-corrected chi connectivity index (χ4v) is 4.85. The van der Waals surface area contributed by atoms with Gasteiger partial charge in [0.15, 0.2) is 0 Å². The molecule has 0 saturated carbocycles. The summed E-state index contributed by atoms with van der Waals surface area (Å²) >= 11 is 0. The molecule has 2 heterocycles. The first-order valence-electron chi connectivity index (χ1n) is 13.1. The molecule has 0 aliphatic heterocycles. The van der Waals surface area contributed by atoms with Gasteiger partial charge in [0.05, 0.1) is 30.9 Å². The fourth-order valence-electron chi connectivity index (χ4n) is 4.85. The zero-order chi connectivity index (χ0) is 27.2. The first-order valence-corrected chi connectivity index (χ1v) is 13.1. The van der Waals surface area contributed by atoms with Crippen molar-refractivity contribution in [2.24, 2.45) is 0 Å². The van der Waals surface area contributed by atoms with E-state index in [4.69, 9.17) is 19.4 Å². The molecular weight excluding hydrogens is 468 g/mol. The van der Waals surface area contributed by atoms with Crippen molar-refractivity contribution in [1.82, 2.24) is 9.97 Å². The number of aromatic nitrogens is 2. The minimum Gasteiger partial charge on any atom is -0.496 e. The summed E-state index contributed by atoms with van der Waals surface area (Å²) < 4.78 is 11.4. The quantitative estimate of drug-likeness (QED) is 0.230. The number of benzene rings is 3. The smallest absolute Gasteiger partial charge is 0.128 e. The van der Waals surface area contributed by atoms with Gasteiger partial charge < -0.3 is 9.47 Å². The molecule has 0 N–H and O–H groups in total. The molecule has 0 fully saturated rings. The molecule has 0 amide bonds. The fraction of sp³-hybridized carbons (Fsp3) is 0.294. The molecule has 0 spiro atoms. The molecular formula is C34H36N2O2. The number of rotatable bonds is 4. The van der Waals surface area contributed by atoms with Crippen LogP contribution in [-0.2, 0) is 10.8 Å². The Kier molecular flexibility index (Phi) is 6.38. The normalized spacial score (nSPS) is 12.2. The highest BCUT2D eigenvalue weighted by atomic mass is 16.5. The van der Waals surface area contributed by atoms with Crippen LogP contribution in [-0.4, -0.2) is 24.2 Å². The predicted molar refractivity (Wildman–Crippen MR) is 158 cm³/mol. The maximum atomic E-state index is 5.72. The van der Waals surface area contributed by atoms with Crippen molar-refractivity contribution >= 4 is 21.8 Å². The van der Waals surface area contributed by atoms with Crippen LogP contribution in [0, 0.1) is 0 Å². The van der Waals surface area contributed by atoms with Crippen molar-refractivity contribution in [3.05, 3.63) is 84.1 Å². The van der Waals surface area contributed by atoms with Crippen molar-refractivity contribution in [3.8, 4) is 33.9 Å². The van der Waals surface area contributed by atoms with E-state index in [9.17, 15) is 0 Å². The summed E-state index contributed by atoms with van der Waals surface area (Å²) in [5.74, 6) is 1.65. The molecule has 0 radical (unpaired) electrons. The van der Waals surface area contributed by atoms with Gasteiger partial charge in [-0.3, -0.25) is 4.98 Å². The van der Waals surface area contributed by atoms with Crippen LogP contribution < -0.4 is 9.47 Å². The Morgan fingerprint density at radius 1 is 0.579 bits per heavy atom. The van der Waals surface area contributed by atoms with Crippen LogP contribution in [0.5, 0.6) is 11.5 Å². The molecule has 5 aromatic rings. The van der Waals surface area contributed by atoms with Crippen molar-refractivity contribution in [2.45, 2.75) is 52.4 Å². The van der Waals surface area contributed by atoms with E-state index in [-0.39, 0.29) is 10.8 Å². The molecule has 38 heavy (non-hydrogen) atoms. The molecule has 0 bridgehead atoms. The Morgan fingerprint density at radius 2 is 1.13 bits per heavy atom. The lowest BCUT2D eigenvalue weighted by Gasteiger charge is -2.21. The van der Waals surface area contributed by atoms with E-state index in [0.29, 0.717) is 0 Å². The molecule has 3 aromatic carbocycles. The predicted octanol–water partition coefficient (Wildman–Crippen LogP) is 8.73. The summed E-state index contributed by atoms with van der Waals surface area (Å²) in [4.78, 5) is 10.1. The van der Waals surface area contributed by atoms with E-state index in [1.807, 2.05) is 18.3 Å². The number of methoxy groups -OCH3 is 2. The largest absolute Gasteiger partial charge is 0.496 e. The summed E-state index contributed by atoms with van der Waals surface area (Å²) in [7, 11) is 3.42. The van der Waals surface area contributed by atoms with Gasteiger partial charge in [-0.1, -0.05) is 71.9 Å². The summed E-state index contributed by atoms with van der Waals surface area (Å²) in [5, 5.41) is 2.10.